The SMILES string of the molecule is CC(C)C[C@H](N[C@@H](Cc1ccc(NC(=O)c2cc(F)cc(F)c2)cc1)C(O)O)C(=O)O. The van der Waals surface area contributed by atoms with E-state index < -0.39 is 41.9 Å². The maximum Gasteiger partial charge on any atom is 0.320 e. The van der Waals surface area contributed by atoms with Crippen LogP contribution in [0.25, 0.3) is 0 Å². The quantitative estimate of drug-likeness (QED) is 0.365. The topological polar surface area (TPSA) is 119 Å². The van der Waals surface area contributed by atoms with E-state index in [1.807, 2.05) is 13.8 Å². The number of nitrogens with one attached hydrogen (secondary N) is 2. The van der Waals surface area contributed by atoms with Gasteiger partial charge in [0.25, 0.3) is 5.91 Å². The Labute approximate surface area is 178 Å². The van der Waals surface area contributed by atoms with E-state index >= 15 is 0 Å². The molecule has 2 atom stereocenters. The van der Waals surface area contributed by atoms with Crippen molar-refractivity contribution < 1.29 is 33.7 Å². The first-order valence-corrected chi connectivity index (χ1v) is 9.76. The normalized spacial score (nSPS) is 13.3. The molecule has 2 aromatic carbocycles. The first-order valence-electron chi connectivity index (χ1n) is 9.76. The third-order valence-corrected chi connectivity index (χ3v) is 4.57. The molecule has 0 radical (unpaired) electrons. The number of aliphatic carboxylic acids is 1. The highest BCUT2D eigenvalue weighted by molar-refractivity contribution is 6.04. The smallest absolute Gasteiger partial charge is 0.320 e. The zero-order valence-electron chi connectivity index (χ0n) is 17.2. The van der Waals surface area contributed by atoms with Gasteiger partial charge in [0.05, 0.1) is 6.04 Å². The van der Waals surface area contributed by atoms with E-state index in [0.717, 1.165) is 12.1 Å². The fraction of sp³-hybridized carbons (Fsp3) is 0.364. The molecule has 0 aromatic heterocycles. The van der Waals surface area contributed by atoms with Crippen molar-refractivity contribution in [1.82, 2.24) is 5.32 Å². The molecular weight excluding hydrogens is 410 g/mol. The summed E-state index contributed by atoms with van der Waals surface area (Å²) in [6.07, 6.45) is -1.33. The van der Waals surface area contributed by atoms with Crippen molar-refractivity contribution in [1.29, 1.82) is 0 Å². The molecule has 9 heteroatoms. The minimum absolute atomic E-state index is 0.0968. The molecule has 0 fully saturated rings. The molecule has 0 aliphatic heterocycles. The number of carbonyl (C=O) groups excluding carboxylic acids is 1. The number of carbonyl (C=O) groups is 2. The Morgan fingerprint density at radius 2 is 1.58 bits per heavy atom. The van der Waals surface area contributed by atoms with Crippen LogP contribution in [0.5, 0.6) is 0 Å². The molecule has 7 nitrogen and oxygen atoms in total. The van der Waals surface area contributed by atoms with E-state index in [0.29, 0.717) is 23.7 Å². The van der Waals surface area contributed by atoms with Gasteiger partial charge >= 0.3 is 5.97 Å². The highest BCUT2D eigenvalue weighted by Gasteiger charge is 2.26. The lowest BCUT2D eigenvalue weighted by Gasteiger charge is -2.26. The first kappa shape index (κ1) is 24.4. The second-order valence-corrected chi connectivity index (χ2v) is 7.72. The van der Waals surface area contributed by atoms with E-state index in [4.69, 9.17) is 0 Å². The lowest BCUT2D eigenvalue weighted by atomic mass is 10.00. The number of hydrogen-bond acceptors (Lipinski definition) is 5. The van der Waals surface area contributed by atoms with Crippen molar-refractivity contribution in [3.63, 3.8) is 0 Å². The first-order chi connectivity index (χ1) is 14.5. The molecule has 0 unspecified atom stereocenters. The van der Waals surface area contributed by atoms with Crippen LogP contribution >= 0.6 is 0 Å². The zero-order chi connectivity index (χ0) is 23.1. The van der Waals surface area contributed by atoms with Crippen LogP contribution in [-0.4, -0.2) is 45.6 Å². The Morgan fingerprint density at radius 1 is 1.00 bits per heavy atom. The van der Waals surface area contributed by atoms with Gasteiger partial charge in [-0.2, -0.15) is 0 Å². The van der Waals surface area contributed by atoms with Crippen LogP contribution in [0.2, 0.25) is 0 Å². The summed E-state index contributed by atoms with van der Waals surface area (Å²) in [6.45, 7) is 3.74. The summed E-state index contributed by atoms with van der Waals surface area (Å²) in [7, 11) is 0. The maximum absolute atomic E-state index is 13.3. The molecular formula is C22H26F2N2O5. The molecule has 0 heterocycles. The second-order valence-electron chi connectivity index (χ2n) is 7.72. The van der Waals surface area contributed by atoms with Crippen LogP contribution in [0.1, 0.15) is 36.2 Å². The summed E-state index contributed by atoms with van der Waals surface area (Å²) < 4.78 is 26.5. The van der Waals surface area contributed by atoms with Crippen LogP contribution in [0.3, 0.4) is 0 Å². The molecule has 168 valence electrons. The molecule has 2 rings (SSSR count). The van der Waals surface area contributed by atoms with Gasteiger partial charge in [-0.1, -0.05) is 26.0 Å². The number of anilines is 1. The van der Waals surface area contributed by atoms with E-state index in [1.54, 1.807) is 24.3 Å². The summed E-state index contributed by atoms with van der Waals surface area (Å²) in [5, 5.41) is 34.0. The van der Waals surface area contributed by atoms with Gasteiger partial charge in [-0.15, -0.1) is 0 Å². The van der Waals surface area contributed by atoms with Crippen molar-refractivity contribution in [2.24, 2.45) is 5.92 Å². The summed E-state index contributed by atoms with van der Waals surface area (Å²) in [5.41, 5.74) is 0.865. The van der Waals surface area contributed by atoms with Crippen molar-refractivity contribution in [3.8, 4) is 0 Å². The second kappa shape index (κ2) is 10.9. The van der Waals surface area contributed by atoms with Crippen LogP contribution in [0.15, 0.2) is 42.5 Å². The van der Waals surface area contributed by atoms with E-state index in [-0.39, 0.29) is 17.9 Å². The molecule has 0 spiro atoms. The molecule has 5 N–H and O–H groups in total. The summed E-state index contributed by atoms with van der Waals surface area (Å²) in [4.78, 5) is 23.6. The highest BCUT2D eigenvalue weighted by Crippen LogP contribution is 2.16. The minimum atomic E-state index is -1.78. The number of aliphatic hydroxyl groups is 2. The van der Waals surface area contributed by atoms with Crippen molar-refractivity contribution in [2.45, 2.75) is 45.1 Å². The van der Waals surface area contributed by atoms with Gasteiger partial charge in [0.2, 0.25) is 0 Å². The van der Waals surface area contributed by atoms with Crippen molar-refractivity contribution in [2.75, 3.05) is 5.32 Å². The molecule has 0 saturated heterocycles. The Kier molecular flexibility index (Phi) is 8.61. The van der Waals surface area contributed by atoms with Gasteiger partial charge in [0.1, 0.15) is 17.7 Å². The van der Waals surface area contributed by atoms with Crippen LogP contribution < -0.4 is 10.6 Å². The average Bonchev–Trinajstić information content (AvgIpc) is 2.66. The van der Waals surface area contributed by atoms with Crippen LogP contribution in [0, 0.1) is 17.6 Å². The standard InChI is InChI=1S/C22H26F2N2O5/c1-12(2)7-18(21(28)29)26-19(22(30)31)8-13-3-5-17(6-4-13)25-20(27)14-9-15(23)11-16(24)10-14/h3-6,9-12,18-19,22,26,30-31H,7-8H2,1-2H3,(H,25,27)(H,28,29)/t18-,19-/m0/s1. The molecule has 0 saturated carbocycles. The zero-order valence-corrected chi connectivity index (χ0v) is 17.2. The third-order valence-electron chi connectivity index (χ3n) is 4.57. The van der Waals surface area contributed by atoms with Gasteiger partial charge in [-0.25, -0.2) is 8.78 Å². The predicted molar refractivity (Wildman–Crippen MR) is 110 cm³/mol. The largest absolute Gasteiger partial charge is 0.480 e. The van der Waals surface area contributed by atoms with E-state index in [9.17, 15) is 33.7 Å². The average molecular weight is 436 g/mol. The number of carboxylic acids is 1. The molecule has 2 aromatic rings. The summed E-state index contributed by atoms with van der Waals surface area (Å²) in [6, 6.07) is 6.99. The summed E-state index contributed by atoms with van der Waals surface area (Å²) >= 11 is 0. The predicted octanol–water partition coefficient (Wildman–Crippen LogP) is 2.53. The lowest BCUT2D eigenvalue weighted by molar-refractivity contribution is -0.141. The van der Waals surface area contributed by atoms with E-state index in [2.05, 4.69) is 10.6 Å². The van der Waals surface area contributed by atoms with Gasteiger partial charge < -0.3 is 20.6 Å². The van der Waals surface area contributed by atoms with Crippen molar-refractivity contribution >= 4 is 17.6 Å². The molecule has 0 bridgehead atoms. The molecule has 0 aliphatic rings. The molecule has 1 amide bonds. The summed E-state index contributed by atoms with van der Waals surface area (Å²) in [5.74, 6) is -3.39. The number of rotatable bonds is 10. The number of hydrogen-bond donors (Lipinski definition) is 5. The van der Waals surface area contributed by atoms with Gasteiger partial charge in [-0.05, 0) is 48.6 Å². The molecule has 0 aliphatic carbocycles. The number of amides is 1. The Hall–Kier alpha value is -2.88. The van der Waals surface area contributed by atoms with Crippen LogP contribution in [0.4, 0.5) is 14.5 Å². The fourth-order valence-corrected chi connectivity index (χ4v) is 3.09. The Morgan fingerprint density at radius 3 is 2.06 bits per heavy atom. The van der Waals surface area contributed by atoms with E-state index in [1.165, 1.54) is 0 Å². The fourth-order valence-electron chi connectivity index (χ4n) is 3.09. The Bertz CT molecular complexity index is 883. The molecule has 31 heavy (non-hydrogen) atoms. The van der Waals surface area contributed by atoms with Gasteiger partial charge in [-0.3, -0.25) is 14.9 Å². The monoisotopic (exact) mass is 436 g/mol. The van der Waals surface area contributed by atoms with Crippen LogP contribution in [-0.2, 0) is 11.2 Å². The van der Waals surface area contributed by atoms with Gasteiger partial charge in [0.15, 0.2) is 6.29 Å². The lowest BCUT2D eigenvalue weighted by Crippen LogP contribution is -2.50. The number of aliphatic hydroxyl groups excluding tert-OH is 1. The maximum atomic E-state index is 13.3. The highest BCUT2D eigenvalue weighted by atomic mass is 19.1. The van der Waals surface area contributed by atoms with Gasteiger partial charge in [0, 0.05) is 17.3 Å². The number of carboxylic acid groups (broad SMARTS) is 1. The number of halogens is 2. The number of benzene rings is 2. The minimum Gasteiger partial charge on any atom is -0.480 e. The van der Waals surface area contributed by atoms with Crippen molar-refractivity contribution in [3.05, 3.63) is 65.2 Å². The Balaban J connectivity index is 2.05. The third kappa shape index (κ3) is 7.71.